The summed E-state index contributed by atoms with van der Waals surface area (Å²) >= 11 is 0. The van der Waals surface area contributed by atoms with Crippen molar-refractivity contribution in [2.24, 2.45) is 5.92 Å². The Morgan fingerprint density at radius 2 is 1.85 bits per heavy atom. The van der Waals surface area contributed by atoms with Crippen molar-refractivity contribution in [3.8, 4) is 6.07 Å². The largest absolute Gasteiger partial charge is 0.216 e. The zero-order valence-electron chi connectivity index (χ0n) is 11.9. The second-order valence-corrected chi connectivity index (χ2v) is 5.74. The second-order valence-electron chi connectivity index (χ2n) is 5.74. The summed E-state index contributed by atoms with van der Waals surface area (Å²) in [5.41, 5.74) is 2.12. The lowest BCUT2D eigenvalue weighted by molar-refractivity contribution is 0.305. The molecule has 0 aromatic heterocycles. The fourth-order valence-corrected chi connectivity index (χ4v) is 3.20. The van der Waals surface area contributed by atoms with E-state index in [1.54, 1.807) is 6.08 Å². The standard InChI is InChI=1S/C18H22FN/c19-13-3-1-2-4-15-5-9-17(10-6-15)18-11-7-16(14-20)8-12-18/h3,7-8,11-13,15,17H,1-2,4-6,9-10H2/b13-3+. The molecule has 0 amide bonds. The van der Waals surface area contributed by atoms with Crippen LogP contribution in [0.4, 0.5) is 4.39 Å². The van der Waals surface area contributed by atoms with Gasteiger partial charge in [-0.2, -0.15) is 5.26 Å². The molecule has 1 aliphatic rings. The van der Waals surface area contributed by atoms with Crippen molar-refractivity contribution in [2.75, 3.05) is 0 Å². The van der Waals surface area contributed by atoms with Crippen LogP contribution in [-0.4, -0.2) is 0 Å². The number of rotatable bonds is 5. The number of halogens is 1. The highest BCUT2D eigenvalue weighted by molar-refractivity contribution is 5.33. The zero-order valence-corrected chi connectivity index (χ0v) is 11.9. The third-order valence-electron chi connectivity index (χ3n) is 4.43. The van der Waals surface area contributed by atoms with Gasteiger partial charge in [0.05, 0.1) is 18.0 Å². The first-order valence-corrected chi connectivity index (χ1v) is 7.58. The lowest BCUT2D eigenvalue weighted by Gasteiger charge is -2.28. The molecular weight excluding hydrogens is 249 g/mol. The van der Waals surface area contributed by atoms with Gasteiger partial charge in [-0.05, 0) is 68.1 Å². The summed E-state index contributed by atoms with van der Waals surface area (Å²) in [6, 6.07) is 10.2. The number of benzene rings is 1. The summed E-state index contributed by atoms with van der Waals surface area (Å²) in [7, 11) is 0. The van der Waals surface area contributed by atoms with Crippen molar-refractivity contribution >= 4 is 0 Å². The first-order valence-electron chi connectivity index (χ1n) is 7.58. The van der Waals surface area contributed by atoms with Crippen LogP contribution >= 0.6 is 0 Å². The number of hydrogen-bond donors (Lipinski definition) is 0. The van der Waals surface area contributed by atoms with Gasteiger partial charge in [0.15, 0.2) is 0 Å². The average molecular weight is 271 g/mol. The van der Waals surface area contributed by atoms with Crippen LogP contribution < -0.4 is 0 Å². The van der Waals surface area contributed by atoms with Gasteiger partial charge in [-0.25, -0.2) is 4.39 Å². The average Bonchev–Trinajstić information content (AvgIpc) is 2.52. The molecule has 2 heteroatoms. The monoisotopic (exact) mass is 271 g/mol. The molecule has 0 spiro atoms. The molecule has 1 aromatic rings. The molecule has 0 atom stereocenters. The van der Waals surface area contributed by atoms with E-state index in [0.717, 1.165) is 24.3 Å². The molecule has 0 bridgehead atoms. The van der Waals surface area contributed by atoms with Crippen LogP contribution in [-0.2, 0) is 0 Å². The maximum absolute atomic E-state index is 11.9. The van der Waals surface area contributed by atoms with E-state index < -0.39 is 0 Å². The summed E-state index contributed by atoms with van der Waals surface area (Å²) in [6.07, 6.45) is 10.5. The minimum atomic E-state index is 0.655. The Kier molecular flexibility index (Phi) is 5.80. The zero-order chi connectivity index (χ0) is 14.2. The van der Waals surface area contributed by atoms with Gasteiger partial charge >= 0.3 is 0 Å². The van der Waals surface area contributed by atoms with Crippen LogP contribution in [0.1, 0.15) is 62.0 Å². The molecule has 1 aromatic carbocycles. The number of unbranched alkanes of at least 4 members (excludes halogenated alkanes) is 1. The topological polar surface area (TPSA) is 23.8 Å². The normalized spacial score (nSPS) is 22.8. The van der Waals surface area contributed by atoms with E-state index in [2.05, 4.69) is 18.2 Å². The highest BCUT2D eigenvalue weighted by Gasteiger charge is 2.21. The fourth-order valence-electron chi connectivity index (χ4n) is 3.20. The van der Waals surface area contributed by atoms with E-state index in [1.807, 2.05) is 12.1 Å². The maximum Gasteiger partial charge on any atom is 0.0991 e. The third kappa shape index (κ3) is 4.20. The van der Waals surface area contributed by atoms with Gasteiger partial charge in [0, 0.05) is 0 Å². The van der Waals surface area contributed by atoms with Gasteiger partial charge < -0.3 is 0 Å². The van der Waals surface area contributed by atoms with Gasteiger partial charge in [0.1, 0.15) is 0 Å². The molecule has 0 N–H and O–H groups in total. The molecule has 20 heavy (non-hydrogen) atoms. The van der Waals surface area contributed by atoms with Gasteiger partial charge in [0.25, 0.3) is 0 Å². The number of allylic oxidation sites excluding steroid dienone is 1. The van der Waals surface area contributed by atoms with E-state index in [4.69, 9.17) is 5.26 Å². The van der Waals surface area contributed by atoms with Crippen LogP contribution in [0.5, 0.6) is 0 Å². The van der Waals surface area contributed by atoms with Crippen LogP contribution in [0.2, 0.25) is 0 Å². The summed E-state index contributed by atoms with van der Waals surface area (Å²) in [5, 5.41) is 8.82. The predicted molar refractivity (Wildman–Crippen MR) is 80.0 cm³/mol. The summed E-state index contributed by atoms with van der Waals surface area (Å²) in [4.78, 5) is 0. The first kappa shape index (κ1) is 14.8. The molecule has 1 saturated carbocycles. The fraction of sp³-hybridized carbons (Fsp3) is 0.500. The molecule has 1 nitrogen and oxygen atoms in total. The molecule has 1 fully saturated rings. The molecule has 1 aliphatic carbocycles. The lowest BCUT2D eigenvalue weighted by atomic mass is 9.77. The van der Waals surface area contributed by atoms with Crippen molar-refractivity contribution in [1.82, 2.24) is 0 Å². The van der Waals surface area contributed by atoms with Crippen molar-refractivity contribution < 1.29 is 4.39 Å². The quantitative estimate of drug-likeness (QED) is 0.650. The van der Waals surface area contributed by atoms with E-state index in [1.165, 1.54) is 37.7 Å². The summed E-state index contributed by atoms with van der Waals surface area (Å²) in [5.74, 6) is 1.47. The van der Waals surface area contributed by atoms with Crippen LogP contribution in [0.15, 0.2) is 36.7 Å². The smallest absolute Gasteiger partial charge is 0.0991 e. The van der Waals surface area contributed by atoms with Crippen LogP contribution in [0.25, 0.3) is 0 Å². The van der Waals surface area contributed by atoms with Crippen molar-refractivity contribution in [1.29, 1.82) is 5.26 Å². The van der Waals surface area contributed by atoms with Crippen molar-refractivity contribution in [3.63, 3.8) is 0 Å². The van der Waals surface area contributed by atoms with E-state index in [0.29, 0.717) is 12.2 Å². The van der Waals surface area contributed by atoms with Crippen molar-refractivity contribution in [2.45, 2.75) is 50.9 Å². The Morgan fingerprint density at radius 3 is 2.45 bits per heavy atom. The molecule has 0 unspecified atom stereocenters. The van der Waals surface area contributed by atoms with Crippen molar-refractivity contribution in [3.05, 3.63) is 47.8 Å². The predicted octanol–water partition coefficient (Wildman–Crippen LogP) is 5.49. The Morgan fingerprint density at radius 1 is 1.15 bits per heavy atom. The molecule has 0 radical (unpaired) electrons. The van der Waals surface area contributed by atoms with E-state index >= 15 is 0 Å². The van der Waals surface area contributed by atoms with Gasteiger partial charge in [-0.1, -0.05) is 24.6 Å². The highest BCUT2D eigenvalue weighted by atomic mass is 19.1. The van der Waals surface area contributed by atoms with E-state index in [-0.39, 0.29) is 0 Å². The second kappa shape index (κ2) is 7.85. The van der Waals surface area contributed by atoms with Crippen LogP contribution in [0, 0.1) is 17.2 Å². The van der Waals surface area contributed by atoms with E-state index in [9.17, 15) is 4.39 Å². The Hall–Kier alpha value is -1.62. The maximum atomic E-state index is 11.9. The Bertz CT molecular complexity index is 461. The summed E-state index contributed by atoms with van der Waals surface area (Å²) in [6.45, 7) is 0. The minimum Gasteiger partial charge on any atom is -0.216 e. The van der Waals surface area contributed by atoms with Crippen LogP contribution in [0.3, 0.4) is 0 Å². The lowest BCUT2D eigenvalue weighted by Crippen LogP contribution is -2.13. The Balaban J connectivity index is 1.77. The molecule has 0 heterocycles. The first-order chi connectivity index (χ1) is 9.83. The SMILES string of the molecule is N#Cc1ccc(C2CCC(CCC/C=C/F)CC2)cc1. The third-order valence-corrected chi connectivity index (χ3v) is 4.43. The molecular formula is C18H22FN. The number of nitriles is 1. The summed E-state index contributed by atoms with van der Waals surface area (Å²) < 4.78 is 11.9. The van der Waals surface area contributed by atoms with Gasteiger partial charge in [-0.15, -0.1) is 0 Å². The number of hydrogen-bond acceptors (Lipinski definition) is 1. The number of nitrogens with zero attached hydrogens (tertiary/aromatic N) is 1. The van der Waals surface area contributed by atoms with Gasteiger partial charge in [0.2, 0.25) is 0 Å². The Labute approximate surface area is 121 Å². The minimum absolute atomic E-state index is 0.655. The molecule has 106 valence electrons. The van der Waals surface area contributed by atoms with Gasteiger partial charge in [-0.3, -0.25) is 0 Å². The molecule has 0 saturated heterocycles. The highest BCUT2D eigenvalue weighted by Crippen LogP contribution is 2.37. The molecule has 2 rings (SSSR count). The molecule has 0 aliphatic heterocycles.